The standard InChI is InChI=1S/C31H18F8N2/c1-3-19-5-15-27(25(32)17-19)40-23-11-7-21(8-12-23)29(30(34,35)36,31(37,38)39)22-9-13-24(14-10-22)41-28-16-6-20(4-2)18-26(28)33/h1-2,5-18,40-41H. The topological polar surface area (TPSA) is 24.1 Å². The quantitative estimate of drug-likeness (QED) is 0.179. The average molecular weight is 570 g/mol. The van der Waals surface area contributed by atoms with Gasteiger partial charge >= 0.3 is 12.4 Å². The number of hydrogen-bond donors (Lipinski definition) is 2. The van der Waals surface area contributed by atoms with Crippen LogP contribution in [0.3, 0.4) is 0 Å². The lowest BCUT2D eigenvalue weighted by atomic mass is 9.73. The molecular formula is C31H18F8N2. The highest BCUT2D eigenvalue weighted by molar-refractivity contribution is 5.64. The number of rotatable bonds is 6. The molecule has 0 aliphatic carbocycles. The molecule has 0 aliphatic heterocycles. The van der Waals surface area contributed by atoms with Crippen molar-refractivity contribution in [3.8, 4) is 24.7 Å². The first-order chi connectivity index (χ1) is 19.3. The molecule has 0 fully saturated rings. The van der Waals surface area contributed by atoms with E-state index in [2.05, 4.69) is 22.5 Å². The lowest BCUT2D eigenvalue weighted by Crippen LogP contribution is -2.54. The van der Waals surface area contributed by atoms with Crippen molar-refractivity contribution in [2.45, 2.75) is 17.8 Å². The average Bonchev–Trinajstić information content (AvgIpc) is 2.91. The van der Waals surface area contributed by atoms with Crippen LogP contribution in [0, 0.1) is 36.3 Å². The first kappa shape index (κ1) is 29.0. The Labute approximate surface area is 230 Å². The Morgan fingerprint density at radius 2 is 0.854 bits per heavy atom. The molecule has 0 saturated heterocycles. The molecule has 10 heteroatoms. The number of alkyl halides is 6. The van der Waals surface area contributed by atoms with Gasteiger partial charge in [0.1, 0.15) is 11.6 Å². The maximum atomic E-state index is 14.5. The van der Waals surface area contributed by atoms with Gasteiger partial charge in [0.05, 0.1) is 11.4 Å². The monoisotopic (exact) mass is 570 g/mol. The normalized spacial score (nSPS) is 11.9. The number of anilines is 4. The fourth-order valence-corrected chi connectivity index (χ4v) is 4.31. The number of terminal acetylenes is 2. The molecule has 41 heavy (non-hydrogen) atoms. The molecule has 4 aromatic rings. The van der Waals surface area contributed by atoms with E-state index in [1.807, 2.05) is 0 Å². The highest BCUT2D eigenvalue weighted by Gasteiger charge is 2.72. The van der Waals surface area contributed by atoms with Gasteiger partial charge < -0.3 is 10.6 Å². The van der Waals surface area contributed by atoms with Crippen LogP contribution in [0.5, 0.6) is 0 Å². The number of nitrogens with one attached hydrogen (secondary N) is 2. The van der Waals surface area contributed by atoms with Gasteiger partial charge in [0, 0.05) is 22.5 Å². The van der Waals surface area contributed by atoms with Gasteiger partial charge in [-0.2, -0.15) is 26.3 Å². The second kappa shape index (κ2) is 10.9. The smallest absolute Gasteiger partial charge is 0.353 e. The van der Waals surface area contributed by atoms with E-state index >= 15 is 0 Å². The largest absolute Gasteiger partial charge is 0.411 e. The Morgan fingerprint density at radius 1 is 0.512 bits per heavy atom. The van der Waals surface area contributed by atoms with Crippen molar-refractivity contribution >= 4 is 22.7 Å². The van der Waals surface area contributed by atoms with Crippen LogP contribution in [0.2, 0.25) is 0 Å². The maximum absolute atomic E-state index is 14.5. The van der Waals surface area contributed by atoms with Crippen molar-refractivity contribution in [2.24, 2.45) is 0 Å². The molecule has 4 aromatic carbocycles. The summed E-state index contributed by atoms with van der Waals surface area (Å²) in [5.41, 5.74) is -6.21. The second-order valence-corrected chi connectivity index (χ2v) is 8.83. The van der Waals surface area contributed by atoms with Gasteiger partial charge in [0.2, 0.25) is 5.41 Å². The fraction of sp³-hybridized carbons (Fsp3) is 0.0968. The Balaban J connectivity index is 1.72. The summed E-state index contributed by atoms with van der Waals surface area (Å²) in [6.07, 6.45) is -1.21. The molecule has 4 rings (SSSR count). The summed E-state index contributed by atoms with van der Waals surface area (Å²) < 4.78 is 116. The first-order valence-corrected chi connectivity index (χ1v) is 11.7. The maximum Gasteiger partial charge on any atom is 0.411 e. The summed E-state index contributed by atoms with van der Waals surface area (Å²) in [6.45, 7) is 0. The molecule has 0 aromatic heterocycles. The molecule has 0 bridgehead atoms. The van der Waals surface area contributed by atoms with Gasteiger partial charge in [-0.05, 0) is 71.8 Å². The minimum absolute atomic E-state index is 0.0387. The third kappa shape index (κ3) is 5.55. The molecule has 0 unspecified atom stereocenters. The van der Waals surface area contributed by atoms with Gasteiger partial charge in [-0.15, -0.1) is 12.8 Å². The number of benzene rings is 4. The summed E-state index contributed by atoms with van der Waals surface area (Å²) >= 11 is 0. The van der Waals surface area contributed by atoms with Crippen LogP contribution in [0.1, 0.15) is 22.3 Å². The number of halogens is 8. The van der Waals surface area contributed by atoms with E-state index in [1.54, 1.807) is 0 Å². The molecule has 2 nitrogen and oxygen atoms in total. The van der Waals surface area contributed by atoms with Gasteiger partial charge in [0.25, 0.3) is 0 Å². The SMILES string of the molecule is C#Cc1ccc(Nc2ccc(C(c3ccc(Nc4ccc(C#C)cc4F)cc3)(C(F)(F)F)C(F)(F)F)cc2)c(F)c1. The van der Waals surface area contributed by atoms with E-state index in [0.29, 0.717) is 24.3 Å². The summed E-state index contributed by atoms with van der Waals surface area (Å²) in [5, 5.41) is 5.21. The van der Waals surface area contributed by atoms with Gasteiger partial charge in [-0.3, -0.25) is 0 Å². The molecule has 0 saturated carbocycles. The zero-order valence-electron chi connectivity index (χ0n) is 20.8. The minimum Gasteiger partial charge on any atom is -0.353 e. The van der Waals surface area contributed by atoms with E-state index in [9.17, 15) is 35.1 Å². The van der Waals surface area contributed by atoms with Gasteiger partial charge in [-0.1, -0.05) is 36.1 Å². The lowest BCUT2D eigenvalue weighted by molar-refractivity contribution is -0.288. The number of hydrogen-bond acceptors (Lipinski definition) is 2. The van der Waals surface area contributed by atoms with Crippen molar-refractivity contribution < 1.29 is 35.1 Å². The Kier molecular flexibility index (Phi) is 7.72. The van der Waals surface area contributed by atoms with Crippen molar-refractivity contribution in [3.63, 3.8) is 0 Å². The highest BCUT2D eigenvalue weighted by atomic mass is 19.4. The Morgan fingerprint density at radius 3 is 1.12 bits per heavy atom. The Bertz CT molecular complexity index is 1510. The summed E-state index contributed by atoms with van der Waals surface area (Å²) in [5.74, 6) is 2.96. The molecule has 0 atom stereocenters. The molecule has 0 aliphatic rings. The predicted molar refractivity (Wildman–Crippen MR) is 141 cm³/mol. The predicted octanol–water partition coefficient (Wildman–Crippen LogP) is 8.83. The molecule has 208 valence electrons. The third-order valence-electron chi connectivity index (χ3n) is 6.32. The van der Waals surface area contributed by atoms with E-state index in [4.69, 9.17) is 12.8 Å². The zero-order chi connectivity index (χ0) is 30.0. The minimum atomic E-state index is -5.82. The van der Waals surface area contributed by atoms with Crippen LogP contribution in [-0.4, -0.2) is 12.4 Å². The van der Waals surface area contributed by atoms with Crippen LogP contribution in [0.4, 0.5) is 57.9 Å². The molecule has 0 radical (unpaired) electrons. The van der Waals surface area contributed by atoms with E-state index in [0.717, 1.165) is 36.4 Å². The van der Waals surface area contributed by atoms with Crippen LogP contribution in [-0.2, 0) is 5.41 Å². The van der Waals surface area contributed by atoms with Crippen LogP contribution < -0.4 is 10.6 Å². The zero-order valence-corrected chi connectivity index (χ0v) is 20.8. The van der Waals surface area contributed by atoms with E-state index < -0.39 is 40.5 Å². The lowest BCUT2D eigenvalue weighted by Gasteiger charge is -2.38. The van der Waals surface area contributed by atoms with Crippen molar-refractivity contribution in [2.75, 3.05) is 10.6 Å². The van der Waals surface area contributed by atoms with Crippen molar-refractivity contribution in [1.82, 2.24) is 0 Å². The molecule has 0 heterocycles. The molecule has 2 N–H and O–H groups in total. The highest BCUT2D eigenvalue weighted by Crippen LogP contribution is 2.56. The van der Waals surface area contributed by atoms with Gasteiger partial charge in [0.15, 0.2) is 0 Å². The summed E-state index contributed by atoms with van der Waals surface area (Å²) in [4.78, 5) is 0. The van der Waals surface area contributed by atoms with Crippen LogP contribution in [0.15, 0.2) is 84.9 Å². The Hall–Kier alpha value is -4.96. The summed E-state index contributed by atoms with van der Waals surface area (Å²) in [7, 11) is 0. The summed E-state index contributed by atoms with van der Waals surface area (Å²) in [6, 6.07) is 14.1. The first-order valence-electron chi connectivity index (χ1n) is 11.7. The van der Waals surface area contributed by atoms with Crippen molar-refractivity contribution in [1.29, 1.82) is 0 Å². The third-order valence-corrected chi connectivity index (χ3v) is 6.32. The molecule has 0 spiro atoms. The van der Waals surface area contributed by atoms with E-state index in [1.165, 1.54) is 24.3 Å². The molecular weight excluding hydrogens is 552 g/mol. The molecule has 0 amide bonds. The van der Waals surface area contributed by atoms with Crippen molar-refractivity contribution in [3.05, 3.63) is 119 Å². The van der Waals surface area contributed by atoms with Gasteiger partial charge in [-0.25, -0.2) is 8.78 Å². The van der Waals surface area contributed by atoms with Crippen LogP contribution >= 0.6 is 0 Å². The second-order valence-electron chi connectivity index (χ2n) is 8.83. The fourth-order valence-electron chi connectivity index (χ4n) is 4.31. The van der Waals surface area contributed by atoms with Crippen LogP contribution in [0.25, 0.3) is 0 Å². The van der Waals surface area contributed by atoms with E-state index in [-0.39, 0.29) is 33.9 Å².